The first-order chi connectivity index (χ1) is 11.9. The summed E-state index contributed by atoms with van der Waals surface area (Å²) in [5, 5.41) is 11.3. The molecule has 0 fully saturated rings. The third kappa shape index (κ3) is 6.43. The van der Waals surface area contributed by atoms with Crippen LogP contribution in [0.4, 0.5) is 17.1 Å². The van der Waals surface area contributed by atoms with E-state index in [4.69, 9.17) is 5.53 Å². The summed E-state index contributed by atoms with van der Waals surface area (Å²) in [7, 11) is 0. The highest BCUT2D eigenvalue weighted by atomic mass is 15.4. The molecule has 0 atom stereocenters. The molecule has 0 aromatic heterocycles. The molecule has 118 valence electrons. The fourth-order valence-electron chi connectivity index (χ4n) is 1.69. The highest BCUT2D eigenvalue weighted by Gasteiger charge is 1.86. The third-order valence-electron chi connectivity index (χ3n) is 2.79. The molecule has 3 rings (SSSR count). The number of azide groups is 1. The Balaban J connectivity index is 0.000000198. The number of nitrogens with one attached hydrogen (secondary N) is 1. The molecule has 0 unspecified atom stereocenters. The zero-order valence-electron chi connectivity index (χ0n) is 12.9. The predicted octanol–water partition coefficient (Wildman–Crippen LogP) is 6.43. The minimum Gasteiger partial charge on any atom is -0.260 e. The van der Waals surface area contributed by atoms with Crippen LogP contribution in [-0.4, -0.2) is 0 Å². The molecular formula is C18H16N6. The summed E-state index contributed by atoms with van der Waals surface area (Å²) >= 11 is 0. The first-order valence-electron chi connectivity index (χ1n) is 7.25. The van der Waals surface area contributed by atoms with Crippen molar-refractivity contribution < 1.29 is 0 Å². The molecule has 0 amide bonds. The van der Waals surface area contributed by atoms with Crippen molar-refractivity contribution in [2.24, 2.45) is 15.5 Å². The third-order valence-corrected chi connectivity index (χ3v) is 2.79. The van der Waals surface area contributed by atoms with Crippen LogP contribution in [0.1, 0.15) is 0 Å². The number of nitrogens with zero attached hydrogens (tertiary/aromatic N) is 5. The average Bonchev–Trinajstić information content (AvgIpc) is 2.65. The van der Waals surface area contributed by atoms with E-state index in [9.17, 15) is 0 Å². The fraction of sp³-hybridized carbons (Fsp3) is 0. The average molecular weight is 316 g/mol. The number of rotatable bonds is 4. The molecule has 3 aromatic rings. The van der Waals surface area contributed by atoms with Crippen molar-refractivity contribution in [3.05, 3.63) is 101 Å². The molecular weight excluding hydrogens is 300 g/mol. The highest BCUT2D eigenvalue weighted by molar-refractivity contribution is 5.42. The van der Waals surface area contributed by atoms with E-state index in [0.29, 0.717) is 5.69 Å². The second kappa shape index (κ2) is 10.2. The number of hydrogen-bond acceptors (Lipinski definition) is 3. The van der Waals surface area contributed by atoms with Gasteiger partial charge in [0.1, 0.15) is 0 Å². The van der Waals surface area contributed by atoms with Gasteiger partial charge in [-0.1, -0.05) is 77.1 Å². The van der Waals surface area contributed by atoms with Gasteiger partial charge >= 0.3 is 0 Å². The number of anilines is 1. The van der Waals surface area contributed by atoms with E-state index < -0.39 is 0 Å². The van der Waals surface area contributed by atoms with Crippen LogP contribution in [0.15, 0.2) is 106 Å². The summed E-state index contributed by atoms with van der Waals surface area (Å²) in [4.78, 5) is 2.63. The predicted molar refractivity (Wildman–Crippen MR) is 96.3 cm³/mol. The van der Waals surface area contributed by atoms with Crippen molar-refractivity contribution >= 4 is 17.1 Å². The van der Waals surface area contributed by atoms with Crippen molar-refractivity contribution in [1.29, 1.82) is 0 Å². The van der Waals surface area contributed by atoms with Crippen LogP contribution in [0.25, 0.3) is 10.4 Å². The van der Waals surface area contributed by atoms with Crippen LogP contribution < -0.4 is 5.43 Å². The van der Waals surface area contributed by atoms with Gasteiger partial charge in [0.2, 0.25) is 0 Å². The Bertz CT molecular complexity index is 782. The lowest BCUT2D eigenvalue weighted by molar-refractivity contribution is 1.13. The summed E-state index contributed by atoms with van der Waals surface area (Å²) in [6, 6.07) is 28.3. The maximum atomic E-state index is 7.98. The Labute approximate surface area is 140 Å². The Hall–Kier alpha value is -3.63. The minimum absolute atomic E-state index is 0.653. The van der Waals surface area contributed by atoms with Crippen molar-refractivity contribution in [3.8, 4) is 0 Å². The van der Waals surface area contributed by atoms with E-state index in [1.165, 1.54) is 0 Å². The van der Waals surface area contributed by atoms with E-state index in [2.05, 4.69) is 25.8 Å². The van der Waals surface area contributed by atoms with Crippen LogP contribution in [0.3, 0.4) is 0 Å². The maximum Gasteiger partial charge on any atom is 0.0874 e. The zero-order valence-corrected chi connectivity index (χ0v) is 12.9. The van der Waals surface area contributed by atoms with Gasteiger partial charge in [-0.05, 0) is 29.8 Å². The number of hydrogen-bond donors (Lipinski definition) is 1. The topological polar surface area (TPSA) is 85.5 Å². The quantitative estimate of drug-likeness (QED) is 0.256. The molecule has 0 aliphatic carbocycles. The van der Waals surface area contributed by atoms with Gasteiger partial charge in [0.05, 0.1) is 11.4 Å². The molecule has 0 aliphatic rings. The molecule has 6 heteroatoms. The van der Waals surface area contributed by atoms with E-state index in [-0.39, 0.29) is 0 Å². The second-order valence-corrected chi connectivity index (χ2v) is 4.54. The van der Waals surface area contributed by atoms with Crippen molar-refractivity contribution in [2.45, 2.75) is 0 Å². The summed E-state index contributed by atoms with van der Waals surface area (Å²) in [5.74, 6) is 0. The second-order valence-electron chi connectivity index (χ2n) is 4.54. The normalized spacial score (nSPS) is 9.50. The molecule has 0 saturated heterocycles. The smallest absolute Gasteiger partial charge is 0.0874 e. The molecule has 0 radical (unpaired) electrons. The SMILES string of the molecule is [N-]=[N+]=Nc1ccccc1.c1ccc(N=NNc2ccccc2)cc1. The molecule has 0 aliphatic heterocycles. The van der Waals surface area contributed by atoms with E-state index in [0.717, 1.165) is 11.4 Å². The van der Waals surface area contributed by atoms with Gasteiger partial charge < -0.3 is 0 Å². The first kappa shape index (κ1) is 16.7. The lowest BCUT2D eigenvalue weighted by Crippen LogP contribution is -1.84. The first-order valence-corrected chi connectivity index (χ1v) is 7.25. The molecule has 0 spiro atoms. The van der Waals surface area contributed by atoms with Gasteiger partial charge in [-0.3, -0.25) is 5.43 Å². The van der Waals surface area contributed by atoms with Crippen LogP contribution in [0, 0.1) is 0 Å². The molecule has 3 aromatic carbocycles. The van der Waals surface area contributed by atoms with Crippen LogP contribution in [-0.2, 0) is 0 Å². The van der Waals surface area contributed by atoms with Gasteiger partial charge in [0.25, 0.3) is 0 Å². The number of benzene rings is 3. The fourth-order valence-corrected chi connectivity index (χ4v) is 1.69. The zero-order chi connectivity index (χ0) is 16.9. The molecule has 0 saturated carbocycles. The Morgan fingerprint density at radius 1 is 0.667 bits per heavy atom. The summed E-state index contributed by atoms with van der Waals surface area (Å²) in [6.07, 6.45) is 0. The van der Waals surface area contributed by atoms with E-state index in [1.807, 2.05) is 78.9 Å². The number of para-hydroxylation sites is 1. The summed E-state index contributed by atoms with van der Waals surface area (Å²) in [6.45, 7) is 0. The van der Waals surface area contributed by atoms with E-state index >= 15 is 0 Å². The minimum atomic E-state index is 0.653. The van der Waals surface area contributed by atoms with Gasteiger partial charge in [-0.2, -0.15) is 0 Å². The lowest BCUT2D eigenvalue weighted by atomic mass is 10.3. The highest BCUT2D eigenvalue weighted by Crippen LogP contribution is 2.11. The standard InChI is InChI=1S/C12H11N3.C6H5N3/c1-3-7-11(8-4-1)13-15-14-12-9-5-2-6-10-12;7-9-8-6-4-2-1-3-5-6/h1-10H,(H,13,14);1-5H. The monoisotopic (exact) mass is 316 g/mol. The summed E-state index contributed by atoms with van der Waals surface area (Å²) in [5.41, 5.74) is 13.2. The van der Waals surface area contributed by atoms with Gasteiger partial charge in [-0.25, -0.2) is 0 Å². The van der Waals surface area contributed by atoms with Crippen molar-refractivity contribution in [1.82, 2.24) is 0 Å². The van der Waals surface area contributed by atoms with Gasteiger partial charge in [-0.15, -0.1) is 5.11 Å². The Morgan fingerprint density at radius 3 is 1.71 bits per heavy atom. The van der Waals surface area contributed by atoms with Gasteiger partial charge in [0.15, 0.2) is 0 Å². The van der Waals surface area contributed by atoms with Crippen LogP contribution in [0.5, 0.6) is 0 Å². The maximum absolute atomic E-state index is 7.98. The van der Waals surface area contributed by atoms with Crippen molar-refractivity contribution in [2.75, 3.05) is 5.43 Å². The Morgan fingerprint density at radius 2 is 1.17 bits per heavy atom. The largest absolute Gasteiger partial charge is 0.260 e. The molecule has 6 nitrogen and oxygen atoms in total. The molecule has 0 bridgehead atoms. The van der Waals surface area contributed by atoms with Crippen molar-refractivity contribution in [3.63, 3.8) is 0 Å². The molecule has 0 heterocycles. The lowest BCUT2D eigenvalue weighted by Gasteiger charge is -1.96. The summed E-state index contributed by atoms with van der Waals surface area (Å²) < 4.78 is 0. The van der Waals surface area contributed by atoms with E-state index in [1.54, 1.807) is 12.1 Å². The van der Waals surface area contributed by atoms with Gasteiger partial charge in [0, 0.05) is 10.6 Å². The van der Waals surface area contributed by atoms with Crippen LogP contribution in [0.2, 0.25) is 0 Å². The molecule has 1 N–H and O–H groups in total. The molecule has 24 heavy (non-hydrogen) atoms. The Kier molecular flexibility index (Phi) is 7.08. The van der Waals surface area contributed by atoms with Crippen LogP contribution >= 0.6 is 0 Å².